The van der Waals surface area contributed by atoms with Gasteiger partial charge in [-0.25, -0.2) is 13.8 Å². The summed E-state index contributed by atoms with van der Waals surface area (Å²) in [5.74, 6) is 2.08. The molecule has 6 rings (SSSR count). The third-order valence-corrected chi connectivity index (χ3v) is 8.69. The van der Waals surface area contributed by atoms with E-state index in [0.29, 0.717) is 33.6 Å². The Kier molecular flexibility index (Phi) is 7.04. The van der Waals surface area contributed by atoms with Crippen LogP contribution < -0.4 is 10.2 Å². The normalized spacial score (nSPS) is 19.3. The van der Waals surface area contributed by atoms with Gasteiger partial charge in [-0.2, -0.15) is 0 Å². The number of aromatic nitrogens is 2. The number of nitrogens with zero attached hydrogens (tertiary/aromatic N) is 4. The summed E-state index contributed by atoms with van der Waals surface area (Å²) in [6.07, 6.45) is 10.5. The fourth-order valence-electron chi connectivity index (χ4n) is 6.63. The van der Waals surface area contributed by atoms with Crippen molar-refractivity contribution in [2.75, 3.05) is 38.6 Å². The minimum Gasteiger partial charge on any atom is -0.508 e. The third-order valence-electron chi connectivity index (χ3n) is 8.69. The van der Waals surface area contributed by atoms with Crippen LogP contribution in [0.25, 0.3) is 32.8 Å². The number of anilines is 1. The molecular weight excluding hydrogens is 520 g/mol. The van der Waals surface area contributed by atoms with Crippen LogP contribution in [0.2, 0.25) is 0 Å². The van der Waals surface area contributed by atoms with E-state index in [1.165, 1.54) is 24.3 Å². The SMILES string of the molecule is C#Cc1c(F)ccc2cc(O)cc(-c3ncc4c(N5CC6CCC(C5)N6)nc(C(C)CCN(C)C)c(C)c4c3F)c12. The van der Waals surface area contributed by atoms with Crippen LogP contribution in [-0.2, 0) is 0 Å². The minimum absolute atomic E-state index is 0.0141. The monoisotopic (exact) mass is 555 g/mol. The number of halogens is 2. The second kappa shape index (κ2) is 10.6. The molecule has 2 saturated heterocycles. The summed E-state index contributed by atoms with van der Waals surface area (Å²) in [6.45, 7) is 6.55. The Labute approximate surface area is 239 Å². The van der Waals surface area contributed by atoms with E-state index in [0.717, 1.165) is 56.0 Å². The lowest BCUT2D eigenvalue weighted by atomic mass is 9.92. The van der Waals surface area contributed by atoms with Crippen LogP contribution in [-0.4, -0.2) is 65.8 Å². The van der Waals surface area contributed by atoms with Crippen LogP contribution in [0.15, 0.2) is 30.5 Å². The summed E-state index contributed by atoms with van der Waals surface area (Å²) in [4.78, 5) is 14.2. The molecule has 4 heterocycles. The van der Waals surface area contributed by atoms with Crippen LogP contribution >= 0.6 is 0 Å². The first-order valence-electron chi connectivity index (χ1n) is 14.2. The van der Waals surface area contributed by atoms with E-state index < -0.39 is 11.6 Å². The zero-order valence-electron chi connectivity index (χ0n) is 23.9. The molecule has 212 valence electrons. The molecule has 0 radical (unpaired) electrons. The molecule has 2 aromatic carbocycles. The summed E-state index contributed by atoms with van der Waals surface area (Å²) in [5, 5.41) is 16.2. The topological polar surface area (TPSA) is 64.5 Å². The Morgan fingerprint density at radius 2 is 1.90 bits per heavy atom. The van der Waals surface area contributed by atoms with E-state index in [1.807, 2.05) is 21.0 Å². The number of benzene rings is 2. The van der Waals surface area contributed by atoms with Gasteiger partial charge in [0.2, 0.25) is 0 Å². The van der Waals surface area contributed by atoms with Crippen molar-refractivity contribution in [3.8, 4) is 29.4 Å². The van der Waals surface area contributed by atoms with E-state index in [-0.39, 0.29) is 28.5 Å². The molecule has 0 aliphatic carbocycles. The number of aromatic hydroxyl groups is 1. The second-order valence-electron chi connectivity index (χ2n) is 11.8. The number of phenols is 1. The number of hydrogen-bond acceptors (Lipinski definition) is 6. The molecule has 2 fully saturated rings. The predicted octanol–water partition coefficient (Wildman–Crippen LogP) is 5.72. The van der Waals surface area contributed by atoms with Gasteiger partial charge in [0.05, 0.1) is 5.56 Å². The van der Waals surface area contributed by atoms with Crippen molar-refractivity contribution < 1.29 is 13.9 Å². The summed E-state index contributed by atoms with van der Waals surface area (Å²) >= 11 is 0. The van der Waals surface area contributed by atoms with Crippen molar-refractivity contribution in [2.45, 2.75) is 51.1 Å². The zero-order chi connectivity index (χ0) is 29.0. The first-order chi connectivity index (χ1) is 19.7. The number of phenolic OH excluding ortho intramolecular Hbond substituents is 1. The molecule has 2 aromatic heterocycles. The molecule has 0 spiro atoms. The Morgan fingerprint density at radius 1 is 1.17 bits per heavy atom. The molecule has 6 nitrogen and oxygen atoms in total. The van der Waals surface area contributed by atoms with Gasteiger partial charge in [0.25, 0.3) is 0 Å². The maximum absolute atomic E-state index is 16.9. The average Bonchev–Trinajstić information content (AvgIpc) is 3.28. The number of fused-ring (bicyclic) bond motifs is 4. The first kappa shape index (κ1) is 27.4. The van der Waals surface area contributed by atoms with Gasteiger partial charge in [0.15, 0.2) is 5.82 Å². The van der Waals surface area contributed by atoms with Crippen LogP contribution in [0.1, 0.15) is 48.9 Å². The highest BCUT2D eigenvalue weighted by molar-refractivity contribution is 6.04. The zero-order valence-corrected chi connectivity index (χ0v) is 23.9. The Balaban J connectivity index is 1.61. The largest absolute Gasteiger partial charge is 0.508 e. The molecule has 2 N–H and O–H groups in total. The van der Waals surface area contributed by atoms with Crippen LogP contribution in [0.5, 0.6) is 5.75 Å². The second-order valence-corrected chi connectivity index (χ2v) is 11.8. The Hall–Kier alpha value is -3.80. The lowest BCUT2D eigenvalue weighted by Gasteiger charge is -2.35. The molecule has 2 aliphatic heterocycles. The van der Waals surface area contributed by atoms with Gasteiger partial charge in [-0.1, -0.05) is 18.9 Å². The maximum Gasteiger partial charge on any atom is 0.157 e. The average molecular weight is 556 g/mol. The van der Waals surface area contributed by atoms with Crippen molar-refractivity contribution in [1.82, 2.24) is 20.2 Å². The number of terminal acetylenes is 1. The molecule has 4 aromatic rings. The highest BCUT2D eigenvalue weighted by Gasteiger charge is 2.34. The van der Waals surface area contributed by atoms with Crippen molar-refractivity contribution >= 4 is 27.4 Å². The van der Waals surface area contributed by atoms with E-state index >= 15 is 4.39 Å². The quantitative estimate of drug-likeness (QED) is 0.297. The smallest absolute Gasteiger partial charge is 0.157 e. The van der Waals surface area contributed by atoms with Crippen LogP contribution in [0.3, 0.4) is 0 Å². The highest BCUT2D eigenvalue weighted by Crippen LogP contribution is 2.41. The third kappa shape index (κ3) is 4.77. The number of rotatable bonds is 6. The van der Waals surface area contributed by atoms with Gasteiger partial charge in [-0.05, 0) is 81.9 Å². The summed E-state index contributed by atoms with van der Waals surface area (Å²) in [5.41, 5.74) is 1.93. The lowest BCUT2D eigenvalue weighted by Crippen LogP contribution is -2.51. The van der Waals surface area contributed by atoms with Crippen molar-refractivity contribution in [1.29, 1.82) is 0 Å². The minimum atomic E-state index is -0.582. The van der Waals surface area contributed by atoms with Crippen molar-refractivity contribution in [2.24, 2.45) is 0 Å². The lowest BCUT2D eigenvalue weighted by molar-refractivity contribution is 0.384. The molecular formula is C33H35F2N5O. The molecule has 2 bridgehead atoms. The number of piperazine rings is 1. The number of aryl methyl sites for hydroxylation is 1. The highest BCUT2D eigenvalue weighted by atomic mass is 19.1. The van der Waals surface area contributed by atoms with Gasteiger partial charge < -0.3 is 20.2 Å². The molecule has 41 heavy (non-hydrogen) atoms. The predicted molar refractivity (Wildman–Crippen MR) is 160 cm³/mol. The van der Waals surface area contributed by atoms with Gasteiger partial charge >= 0.3 is 0 Å². The van der Waals surface area contributed by atoms with E-state index in [4.69, 9.17) is 11.4 Å². The molecule has 3 unspecified atom stereocenters. The fraction of sp³-hybridized carbons (Fsp3) is 0.394. The summed E-state index contributed by atoms with van der Waals surface area (Å²) < 4.78 is 31.7. The standard InChI is InChI=1S/C33H35F2N5O/c1-6-24-27(34)10-7-20-13-23(41)14-25(29(20)24)32-30(35)28-19(3)31(18(2)11-12-39(4)5)38-33(26(28)15-36-32)40-16-21-8-9-22(17-40)37-21/h1,7,10,13-15,18,21-22,37,41H,8-9,11-12,16-17H2,2-5H3. The van der Waals surface area contributed by atoms with Gasteiger partial charge in [-0.3, -0.25) is 4.98 Å². The molecule has 0 amide bonds. The van der Waals surface area contributed by atoms with Crippen molar-refractivity contribution in [3.63, 3.8) is 0 Å². The van der Waals surface area contributed by atoms with Gasteiger partial charge in [0.1, 0.15) is 23.1 Å². The van der Waals surface area contributed by atoms with Crippen molar-refractivity contribution in [3.05, 3.63) is 58.9 Å². The summed E-state index contributed by atoms with van der Waals surface area (Å²) in [7, 11) is 4.08. The van der Waals surface area contributed by atoms with E-state index in [1.54, 1.807) is 6.20 Å². The summed E-state index contributed by atoms with van der Waals surface area (Å²) in [6, 6.07) is 6.46. The van der Waals surface area contributed by atoms with E-state index in [2.05, 4.69) is 32.9 Å². The number of hydrogen-bond donors (Lipinski definition) is 2. The molecule has 3 atom stereocenters. The maximum atomic E-state index is 16.9. The molecule has 0 saturated carbocycles. The molecule has 8 heteroatoms. The first-order valence-corrected chi connectivity index (χ1v) is 14.2. The Morgan fingerprint density at radius 3 is 2.59 bits per heavy atom. The van der Waals surface area contributed by atoms with Gasteiger partial charge in [0, 0.05) is 58.8 Å². The fourth-order valence-corrected chi connectivity index (χ4v) is 6.63. The van der Waals surface area contributed by atoms with Crippen LogP contribution in [0, 0.1) is 30.9 Å². The van der Waals surface area contributed by atoms with Gasteiger partial charge in [-0.15, -0.1) is 6.42 Å². The number of pyridine rings is 2. The Bertz CT molecular complexity index is 1700. The van der Waals surface area contributed by atoms with Crippen LogP contribution in [0.4, 0.5) is 14.6 Å². The van der Waals surface area contributed by atoms with E-state index in [9.17, 15) is 9.50 Å². The molecule has 2 aliphatic rings. The number of nitrogens with one attached hydrogen (secondary N) is 1.